The molecule has 3 heteroatoms. The van der Waals surface area contributed by atoms with Crippen molar-refractivity contribution in [2.75, 3.05) is 19.0 Å². The summed E-state index contributed by atoms with van der Waals surface area (Å²) >= 11 is 0. The van der Waals surface area contributed by atoms with Gasteiger partial charge in [-0.25, -0.2) is 4.39 Å². The van der Waals surface area contributed by atoms with Crippen molar-refractivity contribution in [3.63, 3.8) is 0 Å². The second kappa shape index (κ2) is 3.81. The zero-order valence-electron chi connectivity index (χ0n) is 9.14. The first-order valence-electron chi connectivity index (χ1n) is 5.19. The minimum Gasteiger partial charge on any atom is -0.382 e. The van der Waals surface area contributed by atoms with Crippen LogP contribution in [0.5, 0.6) is 0 Å². The normalized spacial score (nSPS) is 24.5. The molecule has 0 bridgehead atoms. The molecule has 0 aromatic heterocycles. The molecule has 1 atom stereocenters. The van der Waals surface area contributed by atoms with Crippen molar-refractivity contribution in [1.29, 1.82) is 0 Å². The Morgan fingerprint density at radius 1 is 1.53 bits per heavy atom. The van der Waals surface area contributed by atoms with E-state index in [1.165, 1.54) is 6.07 Å². The van der Waals surface area contributed by atoms with E-state index >= 15 is 0 Å². The number of halogens is 1. The van der Waals surface area contributed by atoms with Gasteiger partial charge in [0.15, 0.2) is 0 Å². The van der Waals surface area contributed by atoms with Crippen molar-refractivity contribution in [1.82, 2.24) is 0 Å². The minimum absolute atomic E-state index is 0.149. The number of hydrogen-bond donors (Lipinski definition) is 1. The number of aryl methyl sites for hydroxylation is 1. The number of nitrogens with one attached hydrogen (secondary N) is 1. The molecule has 15 heavy (non-hydrogen) atoms. The first-order chi connectivity index (χ1) is 7.14. The lowest BCUT2D eigenvalue weighted by atomic mass is 9.88. The number of hydrogen-bond acceptors (Lipinski definition) is 2. The monoisotopic (exact) mass is 209 g/mol. The topological polar surface area (TPSA) is 21.3 Å². The maximum absolute atomic E-state index is 13.6. The third kappa shape index (κ3) is 1.97. The van der Waals surface area contributed by atoms with Gasteiger partial charge in [-0.2, -0.15) is 0 Å². The molecule has 1 aliphatic heterocycles. The van der Waals surface area contributed by atoms with Crippen LogP contribution in [0.1, 0.15) is 18.9 Å². The molecule has 2 nitrogen and oxygen atoms in total. The Morgan fingerprint density at radius 3 is 3.07 bits per heavy atom. The highest BCUT2D eigenvalue weighted by Gasteiger charge is 2.30. The van der Waals surface area contributed by atoms with Crippen molar-refractivity contribution in [3.05, 3.63) is 29.6 Å². The molecule has 82 valence electrons. The summed E-state index contributed by atoms with van der Waals surface area (Å²) in [5.74, 6) is -0.172. The van der Waals surface area contributed by atoms with Crippen LogP contribution in [0.4, 0.5) is 10.1 Å². The van der Waals surface area contributed by atoms with Gasteiger partial charge in [0.1, 0.15) is 5.82 Å². The largest absolute Gasteiger partial charge is 0.382 e. The fourth-order valence-corrected chi connectivity index (χ4v) is 2.12. The van der Waals surface area contributed by atoms with Gasteiger partial charge in [0.05, 0.1) is 17.8 Å². The van der Waals surface area contributed by atoms with Crippen molar-refractivity contribution in [2.45, 2.75) is 25.3 Å². The van der Waals surface area contributed by atoms with E-state index in [1.54, 1.807) is 13.2 Å². The number of para-hydroxylation sites is 1. The second-order valence-electron chi connectivity index (χ2n) is 4.39. The molecular weight excluding hydrogens is 193 g/mol. The predicted octanol–water partition coefficient (Wildman–Crippen LogP) is 2.59. The molecule has 2 rings (SSSR count). The fourth-order valence-electron chi connectivity index (χ4n) is 2.12. The summed E-state index contributed by atoms with van der Waals surface area (Å²) in [6.45, 7) is 2.66. The molecule has 1 aromatic rings. The van der Waals surface area contributed by atoms with Gasteiger partial charge in [-0.15, -0.1) is 0 Å². The first kappa shape index (κ1) is 10.4. The Balaban J connectivity index is 2.29. The maximum Gasteiger partial charge on any atom is 0.146 e. The average Bonchev–Trinajstić information content (AvgIpc) is 2.20. The number of anilines is 1. The van der Waals surface area contributed by atoms with Crippen LogP contribution >= 0.6 is 0 Å². The Labute approximate surface area is 89.4 Å². The Hall–Kier alpha value is -1.09. The zero-order valence-corrected chi connectivity index (χ0v) is 9.14. The molecule has 1 unspecified atom stereocenters. The first-order valence-corrected chi connectivity index (χ1v) is 5.19. The smallest absolute Gasteiger partial charge is 0.146 e. The molecular formula is C12H16FNO. The lowest BCUT2D eigenvalue weighted by molar-refractivity contribution is 0.144. The predicted molar refractivity (Wildman–Crippen MR) is 58.6 cm³/mol. The number of benzene rings is 1. The van der Waals surface area contributed by atoms with Gasteiger partial charge in [-0.05, 0) is 31.4 Å². The molecule has 0 saturated heterocycles. The van der Waals surface area contributed by atoms with Gasteiger partial charge in [-0.3, -0.25) is 0 Å². The summed E-state index contributed by atoms with van der Waals surface area (Å²) in [5.41, 5.74) is 1.55. The van der Waals surface area contributed by atoms with E-state index in [1.807, 2.05) is 6.07 Å². The van der Waals surface area contributed by atoms with Crippen LogP contribution in [-0.4, -0.2) is 19.3 Å². The quantitative estimate of drug-likeness (QED) is 0.808. The van der Waals surface area contributed by atoms with Gasteiger partial charge < -0.3 is 10.1 Å². The molecule has 0 spiro atoms. The second-order valence-corrected chi connectivity index (χ2v) is 4.39. The van der Waals surface area contributed by atoms with Gasteiger partial charge >= 0.3 is 0 Å². The maximum atomic E-state index is 13.6. The lowest BCUT2D eigenvalue weighted by Crippen LogP contribution is -2.43. The molecule has 0 fully saturated rings. The molecule has 0 radical (unpaired) electrons. The van der Waals surface area contributed by atoms with Gasteiger partial charge in [-0.1, -0.05) is 12.1 Å². The Morgan fingerprint density at radius 2 is 2.33 bits per heavy atom. The summed E-state index contributed by atoms with van der Waals surface area (Å²) in [6, 6.07) is 5.22. The highest BCUT2D eigenvalue weighted by atomic mass is 19.1. The lowest BCUT2D eigenvalue weighted by Gasteiger charge is -2.36. The van der Waals surface area contributed by atoms with Crippen LogP contribution in [0.25, 0.3) is 0 Å². The van der Waals surface area contributed by atoms with E-state index < -0.39 is 0 Å². The van der Waals surface area contributed by atoms with E-state index in [9.17, 15) is 4.39 Å². The van der Waals surface area contributed by atoms with E-state index in [-0.39, 0.29) is 11.4 Å². The number of ether oxygens (including phenoxy) is 1. The Kier molecular flexibility index (Phi) is 2.65. The number of methoxy groups -OCH3 is 1. The van der Waals surface area contributed by atoms with Crippen LogP contribution in [-0.2, 0) is 11.2 Å². The van der Waals surface area contributed by atoms with Gasteiger partial charge in [0, 0.05) is 7.11 Å². The number of fused-ring (bicyclic) bond motifs is 1. The summed E-state index contributed by atoms with van der Waals surface area (Å²) in [5, 5.41) is 3.24. The molecule has 1 aromatic carbocycles. The molecule has 0 aliphatic carbocycles. The van der Waals surface area contributed by atoms with Crippen LogP contribution in [0.3, 0.4) is 0 Å². The minimum atomic E-state index is -0.172. The van der Waals surface area contributed by atoms with E-state index in [4.69, 9.17) is 4.74 Å². The highest BCUT2D eigenvalue weighted by Crippen LogP contribution is 2.32. The van der Waals surface area contributed by atoms with Crippen molar-refractivity contribution in [3.8, 4) is 0 Å². The summed E-state index contributed by atoms with van der Waals surface area (Å²) < 4.78 is 18.7. The standard InChI is InChI=1S/C12H16FNO/c1-12(8-15-2)7-6-9-4-3-5-10(13)11(9)14-12/h3-5,14H,6-8H2,1-2H3. The highest BCUT2D eigenvalue weighted by molar-refractivity contribution is 5.56. The zero-order chi connectivity index (χ0) is 10.9. The van der Waals surface area contributed by atoms with E-state index in [0.29, 0.717) is 12.3 Å². The van der Waals surface area contributed by atoms with Crippen LogP contribution < -0.4 is 5.32 Å². The van der Waals surface area contributed by atoms with Crippen molar-refractivity contribution >= 4 is 5.69 Å². The van der Waals surface area contributed by atoms with E-state index in [2.05, 4.69) is 12.2 Å². The fraction of sp³-hybridized carbons (Fsp3) is 0.500. The third-order valence-corrected chi connectivity index (χ3v) is 2.94. The van der Waals surface area contributed by atoms with Crippen LogP contribution in [0.15, 0.2) is 18.2 Å². The summed E-state index contributed by atoms with van der Waals surface area (Å²) in [7, 11) is 1.67. The SMILES string of the molecule is COCC1(C)CCc2cccc(F)c2N1. The van der Waals surface area contributed by atoms with Crippen molar-refractivity contribution in [2.24, 2.45) is 0 Å². The summed E-state index contributed by atoms with van der Waals surface area (Å²) in [6.07, 6.45) is 1.87. The van der Waals surface area contributed by atoms with Gasteiger partial charge in [0.2, 0.25) is 0 Å². The molecule has 1 heterocycles. The average molecular weight is 209 g/mol. The van der Waals surface area contributed by atoms with Crippen molar-refractivity contribution < 1.29 is 9.13 Å². The Bertz CT molecular complexity index is 367. The molecule has 0 saturated carbocycles. The van der Waals surface area contributed by atoms with Gasteiger partial charge in [0.25, 0.3) is 0 Å². The molecule has 0 amide bonds. The molecule has 1 aliphatic rings. The van der Waals surface area contributed by atoms with E-state index in [0.717, 1.165) is 18.4 Å². The third-order valence-electron chi connectivity index (χ3n) is 2.94. The molecule has 1 N–H and O–H groups in total. The summed E-state index contributed by atoms with van der Waals surface area (Å²) in [4.78, 5) is 0. The van der Waals surface area contributed by atoms with Crippen LogP contribution in [0, 0.1) is 5.82 Å². The van der Waals surface area contributed by atoms with Crippen LogP contribution in [0.2, 0.25) is 0 Å². The number of rotatable bonds is 2.